The highest BCUT2D eigenvalue weighted by Crippen LogP contribution is 2.54. The number of benzene rings is 6. The van der Waals surface area contributed by atoms with E-state index in [1.54, 1.807) is 78.5 Å². The summed E-state index contributed by atoms with van der Waals surface area (Å²) in [6, 6.07) is 39.9. The third-order valence-corrected chi connectivity index (χ3v) is 16.1. The molecule has 4 heterocycles. The second kappa shape index (κ2) is 22.1. The van der Waals surface area contributed by atoms with Crippen LogP contribution in [0.3, 0.4) is 0 Å². The Morgan fingerprint density at radius 2 is 1.17 bits per heavy atom. The molecule has 2 fully saturated rings. The van der Waals surface area contributed by atoms with Gasteiger partial charge in [0.2, 0.25) is 0 Å². The molecular weight excluding hydrogens is 905 g/mol. The summed E-state index contributed by atoms with van der Waals surface area (Å²) >= 11 is 3.12. The van der Waals surface area contributed by atoms with Crippen molar-refractivity contribution in [3.63, 3.8) is 0 Å². The average Bonchev–Trinajstić information content (AvgIpc) is 4.13. The lowest BCUT2D eigenvalue weighted by Crippen LogP contribution is -2.26. The largest absolute Gasteiger partial charge is 0.508 e. The van der Waals surface area contributed by atoms with Crippen molar-refractivity contribution in [1.29, 1.82) is 0 Å². The summed E-state index contributed by atoms with van der Waals surface area (Å²) in [5.41, 5.74) is 4.14. The molecule has 0 aliphatic carbocycles. The van der Waals surface area contributed by atoms with Gasteiger partial charge in [0.15, 0.2) is 5.78 Å². The zero-order valence-electron chi connectivity index (χ0n) is 39.1. The van der Waals surface area contributed by atoms with Gasteiger partial charge in [0.25, 0.3) is 0 Å². The van der Waals surface area contributed by atoms with Gasteiger partial charge in [-0.1, -0.05) is 51.0 Å². The van der Waals surface area contributed by atoms with Gasteiger partial charge in [0.05, 0.1) is 10.1 Å². The molecule has 3 aliphatic heterocycles. The van der Waals surface area contributed by atoms with Crippen molar-refractivity contribution in [3.05, 3.63) is 156 Å². The molecular formula is C57H60N2O8S2. The molecule has 0 radical (unpaired) electrons. The smallest absolute Gasteiger partial charge is 0.195 e. The predicted octanol–water partition coefficient (Wildman–Crippen LogP) is 12.5. The third-order valence-electron chi connectivity index (χ3n) is 13.5. The lowest BCUT2D eigenvalue weighted by Gasteiger charge is -2.34. The second-order valence-corrected chi connectivity index (χ2v) is 20.4. The van der Waals surface area contributed by atoms with E-state index in [0.29, 0.717) is 24.3 Å². The fourth-order valence-corrected chi connectivity index (χ4v) is 12.0. The number of hydrogen-bond acceptors (Lipinski definition) is 12. The molecule has 358 valence electrons. The van der Waals surface area contributed by atoms with E-state index in [1.165, 1.54) is 50.1 Å². The van der Waals surface area contributed by atoms with Crippen LogP contribution in [0.15, 0.2) is 138 Å². The molecule has 6 aromatic carbocycles. The highest BCUT2D eigenvalue weighted by Gasteiger charge is 2.34. The van der Waals surface area contributed by atoms with Crippen LogP contribution in [0.5, 0.6) is 40.2 Å². The molecule has 0 unspecified atom stereocenters. The van der Waals surface area contributed by atoms with Crippen LogP contribution in [-0.2, 0) is 0 Å². The summed E-state index contributed by atoms with van der Waals surface area (Å²) < 4.78 is 19.3. The lowest BCUT2D eigenvalue weighted by molar-refractivity contribution is 0.104. The summed E-state index contributed by atoms with van der Waals surface area (Å²) in [6.45, 7) is 12.4. The van der Waals surface area contributed by atoms with Crippen molar-refractivity contribution in [2.24, 2.45) is 11.8 Å². The van der Waals surface area contributed by atoms with E-state index in [4.69, 9.17) is 14.2 Å². The van der Waals surface area contributed by atoms with E-state index >= 15 is 0 Å². The van der Waals surface area contributed by atoms with Crippen molar-refractivity contribution < 1.29 is 39.4 Å². The number of phenolic OH excluding ortho intramolecular Hbond substituents is 4. The Morgan fingerprint density at radius 3 is 1.77 bits per heavy atom. The van der Waals surface area contributed by atoms with Gasteiger partial charge >= 0.3 is 0 Å². The van der Waals surface area contributed by atoms with Crippen LogP contribution >= 0.6 is 23.1 Å². The van der Waals surface area contributed by atoms with E-state index in [0.717, 1.165) is 91.8 Å². The Hall–Kier alpha value is -6.18. The fraction of sp³-hybridized carbons (Fsp3) is 0.316. The number of thiophene rings is 1. The molecule has 3 aliphatic rings. The Morgan fingerprint density at radius 1 is 0.638 bits per heavy atom. The van der Waals surface area contributed by atoms with Crippen molar-refractivity contribution in [2.45, 2.75) is 55.8 Å². The van der Waals surface area contributed by atoms with Crippen molar-refractivity contribution >= 4 is 39.0 Å². The van der Waals surface area contributed by atoms with E-state index in [1.807, 2.05) is 54.6 Å². The van der Waals surface area contributed by atoms with Crippen LogP contribution in [-0.4, -0.2) is 88.5 Å². The maximum absolute atomic E-state index is 13.7. The minimum atomic E-state index is -0.212. The fourth-order valence-electron chi connectivity index (χ4n) is 9.44. The molecule has 4 N–H and O–H groups in total. The second-order valence-electron chi connectivity index (χ2n) is 18.2. The van der Waals surface area contributed by atoms with Crippen molar-refractivity contribution in [3.8, 4) is 50.7 Å². The summed E-state index contributed by atoms with van der Waals surface area (Å²) in [7, 11) is 0. The number of phenols is 4. The predicted molar refractivity (Wildman–Crippen MR) is 276 cm³/mol. The summed E-state index contributed by atoms with van der Waals surface area (Å²) in [5.74, 6) is 4.74. The minimum Gasteiger partial charge on any atom is -0.508 e. The molecule has 2 saturated heterocycles. The molecule has 0 bridgehead atoms. The standard InChI is InChI=1S/C29H29NO4S.C28H31NO4S/c1-2-19-13-14-30(18-19)15-16-34-24-10-5-20(6-11-24)28(33)27-25-12-9-23(32)17-26(25)35-29(27)21-3-7-22(31)8-4-21;1-2-19-13-14-29(18-19)15-16-32-24-10-5-20(6-11-24)27-28(21-3-7-22(30)8-4-21)34-26-17-23(31)9-12-25(26)33-27/h3-12,17,19,31-32H,2,13-16,18H2,1H3;3-12,17,19,27-28,30-31H,2,13-16,18H2,1H3/t19-;19-,27+,28-/m11/s1. The topological polar surface area (TPSA) is 132 Å². The maximum atomic E-state index is 13.7. The molecule has 7 aromatic rings. The molecule has 10 nitrogen and oxygen atoms in total. The van der Waals surface area contributed by atoms with E-state index < -0.39 is 0 Å². The molecule has 0 spiro atoms. The Kier molecular flexibility index (Phi) is 15.3. The quantitative estimate of drug-likeness (QED) is 0.0732. The van der Waals surface area contributed by atoms with Crippen LogP contribution in [0.25, 0.3) is 20.5 Å². The number of likely N-dealkylation sites (tertiary alicyclic amines) is 2. The van der Waals surface area contributed by atoms with E-state index in [9.17, 15) is 25.2 Å². The number of carbonyl (C=O) groups excluding carboxylic acids is 1. The molecule has 4 atom stereocenters. The van der Waals surface area contributed by atoms with Gasteiger partial charge in [0, 0.05) is 52.3 Å². The molecule has 0 amide bonds. The normalized spacial score (nSPS) is 19.1. The van der Waals surface area contributed by atoms with Crippen LogP contribution < -0.4 is 14.2 Å². The summed E-state index contributed by atoms with van der Waals surface area (Å²) in [6.07, 6.45) is 4.86. The first-order valence-corrected chi connectivity index (χ1v) is 25.8. The molecule has 1 aromatic heterocycles. The Balaban J connectivity index is 0.000000172. The van der Waals surface area contributed by atoms with Gasteiger partial charge in [-0.05, 0) is 164 Å². The average molecular weight is 965 g/mol. The number of aromatic hydroxyl groups is 4. The first kappa shape index (κ1) is 47.9. The number of nitrogens with zero attached hydrogens (tertiary/aromatic N) is 2. The van der Waals surface area contributed by atoms with Gasteiger partial charge in [-0.3, -0.25) is 14.6 Å². The SMILES string of the molecule is CC[C@@H]1CCN(CCOc2ccc(C(=O)c3c(-c4ccc(O)cc4)sc4cc(O)ccc34)cc2)C1.CC[C@@H]1CCN(CCOc2ccc([C@@H]3Oc4ccc(O)cc4S[C@@H]3c3ccc(O)cc3)cc2)C1. The maximum Gasteiger partial charge on any atom is 0.195 e. The molecule has 69 heavy (non-hydrogen) atoms. The highest BCUT2D eigenvalue weighted by molar-refractivity contribution is 7.99. The van der Waals surface area contributed by atoms with Crippen LogP contribution in [0.2, 0.25) is 0 Å². The minimum absolute atomic E-state index is 0.0247. The zero-order valence-corrected chi connectivity index (χ0v) is 40.8. The molecule has 10 rings (SSSR count). The molecule has 0 saturated carbocycles. The van der Waals surface area contributed by atoms with Gasteiger partial charge in [-0.25, -0.2) is 0 Å². The van der Waals surface area contributed by atoms with Crippen LogP contribution in [0.1, 0.15) is 77.9 Å². The number of ether oxygens (including phenoxy) is 3. The first-order valence-electron chi connectivity index (χ1n) is 24.1. The van der Waals surface area contributed by atoms with Crippen molar-refractivity contribution in [1.82, 2.24) is 9.80 Å². The zero-order chi connectivity index (χ0) is 47.9. The molecule has 12 heteroatoms. The van der Waals surface area contributed by atoms with E-state index in [2.05, 4.69) is 35.8 Å². The van der Waals surface area contributed by atoms with Gasteiger partial charge in [-0.15, -0.1) is 23.1 Å². The van der Waals surface area contributed by atoms with E-state index in [-0.39, 0.29) is 40.1 Å². The number of fused-ring (bicyclic) bond motifs is 2. The van der Waals surface area contributed by atoms with Crippen LogP contribution in [0, 0.1) is 11.8 Å². The number of rotatable bonds is 15. The number of thioether (sulfide) groups is 1. The van der Waals surface area contributed by atoms with Gasteiger partial charge < -0.3 is 34.6 Å². The Labute approximate surface area is 412 Å². The Bertz CT molecular complexity index is 2820. The van der Waals surface area contributed by atoms with Gasteiger partial charge in [-0.2, -0.15) is 0 Å². The number of ketones is 1. The number of carbonyl (C=O) groups is 1. The number of hydrogen-bond donors (Lipinski definition) is 4. The first-order chi connectivity index (χ1) is 33.6. The monoisotopic (exact) mass is 964 g/mol. The summed E-state index contributed by atoms with van der Waals surface area (Å²) in [4.78, 5) is 20.3. The van der Waals surface area contributed by atoms with Crippen LogP contribution in [0.4, 0.5) is 0 Å². The highest BCUT2D eigenvalue weighted by atomic mass is 32.2. The third kappa shape index (κ3) is 11.6. The summed E-state index contributed by atoms with van der Waals surface area (Å²) in [5, 5.41) is 40.1. The lowest BCUT2D eigenvalue weighted by atomic mass is 9.97. The van der Waals surface area contributed by atoms with Crippen molar-refractivity contribution in [2.75, 3.05) is 52.5 Å². The van der Waals surface area contributed by atoms with Gasteiger partial charge in [0.1, 0.15) is 59.6 Å².